The van der Waals surface area contributed by atoms with Gasteiger partial charge in [-0.05, 0) is 31.7 Å². The number of amides is 1. The zero-order valence-corrected chi connectivity index (χ0v) is 16.2. The largest absolute Gasteiger partial charge is 0.364 e. The van der Waals surface area contributed by atoms with Crippen LogP contribution in [0.2, 0.25) is 0 Å². The number of nitrogens with two attached hydrogens (primary N) is 1. The first-order valence-corrected chi connectivity index (χ1v) is 8.62. The summed E-state index contributed by atoms with van der Waals surface area (Å²) in [4.78, 5) is 14.7. The number of nitrogens with one attached hydrogen (secondary N) is 1. The van der Waals surface area contributed by atoms with Gasteiger partial charge in [-0.25, -0.2) is 0 Å². The van der Waals surface area contributed by atoms with E-state index in [2.05, 4.69) is 41.4 Å². The van der Waals surface area contributed by atoms with Gasteiger partial charge >= 0.3 is 0 Å². The molecule has 0 bridgehead atoms. The highest BCUT2D eigenvalue weighted by molar-refractivity contribution is 5.85. The van der Waals surface area contributed by atoms with Crippen LogP contribution in [0, 0.1) is 0 Å². The van der Waals surface area contributed by atoms with Crippen LogP contribution < -0.4 is 11.1 Å². The van der Waals surface area contributed by atoms with Crippen LogP contribution in [-0.4, -0.2) is 48.7 Å². The highest BCUT2D eigenvalue weighted by Crippen LogP contribution is 2.25. The first-order chi connectivity index (χ1) is 11.2. The number of carbonyl (C=O) groups excluding carboxylic acids is 1. The molecule has 3 rings (SSSR count). The zero-order valence-electron chi connectivity index (χ0n) is 14.6. The maximum Gasteiger partial charge on any atom is 0.249 e. The van der Waals surface area contributed by atoms with Gasteiger partial charge < -0.3 is 15.8 Å². The summed E-state index contributed by atoms with van der Waals surface area (Å²) < 4.78 is 5.68. The molecule has 25 heavy (non-hydrogen) atoms. The Hall–Kier alpha value is -0.850. The molecule has 2 fully saturated rings. The van der Waals surface area contributed by atoms with Crippen molar-refractivity contribution in [1.82, 2.24) is 10.2 Å². The minimum absolute atomic E-state index is 0. The third kappa shape index (κ3) is 5.56. The van der Waals surface area contributed by atoms with Gasteiger partial charge in [-0.2, -0.15) is 0 Å². The lowest BCUT2D eigenvalue weighted by Gasteiger charge is -2.25. The fourth-order valence-corrected chi connectivity index (χ4v) is 3.57. The minimum Gasteiger partial charge on any atom is -0.364 e. The van der Waals surface area contributed by atoms with Crippen LogP contribution in [0.25, 0.3) is 0 Å². The van der Waals surface area contributed by atoms with Crippen LogP contribution in [-0.2, 0) is 9.53 Å². The average Bonchev–Trinajstić information content (AvgIpc) is 3.24. The van der Waals surface area contributed by atoms with E-state index in [0.29, 0.717) is 12.6 Å². The van der Waals surface area contributed by atoms with E-state index in [1.807, 2.05) is 6.07 Å². The van der Waals surface area contributed by atoms with Gasteiger partial charge in [-0.3, -0.25) is 9.69 Å². The second kappa shape index (κ2) is 10.3. The van der Waals surface area contributed by atoms with E-state index < -0.39 is 0 Å². The van der Waals surface area contributed by atoms with Crippen molar-refractivity contribution in [3.05, 3.63) is 35.9 Å². The van der Waals surface area contributed by atoms with Crippen molar-refractivity contribution in [2.24, 2.45) is 5.73 Å². The molecule has 1 aromatic carbocycles. The summed E-state index contributed by atoms with van der Waals surface area (Å²) in [5, 5.41) is 3.16. The predicted octanol–water partition coefficient (Wildman–Crippen LogP) is 2.29. The lowest BCUT2D eigenvalue weighted by molar-refractivity contribution is -0.132. The molecule has 2 heterocycles. The van der Waals surface area contributed by atoms with Crippen molar-refractivity contribution in [3.8, 4) is 0 Å². The molecular formula is C18H29Cl2N3O2. The molecule has 2 aliphatic heterocycles. The summed E-state index contributed by atoms with van der Waals surface area (Å²) in [6.07, 6.45) is 2.39. The molecule has 7 heteroatoms. The fraction of sp³-hybridized carbons (Fsp3) is 0.611. The Morgan fingerprint density at radius 3 is 2.64 bits per heavy atom. The van der Waals surface area contributed by atoms with E-state index >= 15 is 0 Å². The number of likely N-dealkylation sites (tertiary alicyclic amines) is 1. The van der Waals surface area contributed by atoms with E-state index in [0.717, 1.165) is 32.4 Å². The Labute approximate surface area is 162 Å². The zero-order chi connectivity index (χ0) is 16.2. The number of hydrogen-bond acceptors (Lipinski definition) is 4. The smallest absolute Gasteiger partial charge is 0.249 e. The summed E-state index contributed by atoms with van der Waals surface area (Å²) in [7, 11) is 0. The van der Waals surface area contributed by atoms with Crippen LogP contribution in [0.4, 0.5) is 0 Å². The Kier molecular flexibility index (Phi) is 9.17. The highest BCUT2D eigenvalue weighted by atomic mass is 35.5. The normalized spacial score (nSPS) is 27.2. The maximum atomic E-state index is 12.3. The summed E-state index contributed by atoms with van der Waals surface area (Å²) in [6, 6.07) is 11.1. The minimum atomic E-state index is -0.316. The lowest BCUT2D eigenvalue weighted by atomic mass is 10.1. The van der Waals surface area contributed by atoms with E-state index in [1.54, 1.807) is 0 Å². The van der Waals surface area contributed by atoms with E-state index in [-0.39, 0.29) is 49.0 Å². The van der Waals surface area contributed by atoms with Gasteiger partial charge in [0.25, 0.3) is 0 Å². The van der Waals surface area contributed by atoms with Gasteiger partial charge in [0.2, 0.25) is 5.91 Å². The molecule has 0 aliphatic carbocycles. The van der Waals surface area contributed by atoms with Gasteiger partial charge in [0.05, 0.1) is 6.10 Å². The maximum absolute atomic E-state index is 12.3. The SMILES string of the molecule is CC(c1ccccc1)N1CCC(NC(=O)[C@@H]2CC[C@H](CN)O2)C1.Cl.Cl. The number of hydrogen-bond donors (Lipinski definition) is 2. The van der Waals surface area contributed by atoms with Crippen LogP contribution >= 0.6 is 24.8 Å². The standard InChI is InChI=1S/C18H27N3O2.2ClH/c1-13(14-5-3-2-4-6-14)21-10-9-15(12-21)20-18(22)17-8-7-16(11-19)23-17;;/h2-6,13,15-17H,7-12,19H2,1H3,(H,20,22);2*1H/t13?,15?,16-,17+;;/m1../s1. The number of halogens is 2. The third-order valence-electron chi connectivity index (χ3n) is 5.06. The first kappa shape index (κ1) is 22.2. The molecule has 4 atom stereocenters. The third-order valence-corrected chi connectivity index (χ3v) is 5.06. The first-order valence-electron chi connectivity index (χ1n) is 8.62. The molecule has 0 spiro atoms. The van der Waals surface area contributed by atoms with Gasteiger partial charge in [0, 0.05) is 31.7 Å². The molecule has 1 aromatic rings. The Bertz CT molecular complexity index is 532. The van der Waals surface area contributed by atoms with E-state index in [1.165, 1.54) is 5.56 Å². The summed E-state index contributed by atoms with van der Waals surface area (Å²) in [6.45, 7) is 4.63. The summed E-state index contributed by atoms with van der Waals surface area (Å²) >= 11 is 0. The topological polar surface area (TPSA) is 67.6 Å². The second-order valence-corrected chi connectivity index (χ2v) is 6.64. The number of benzene rings is 1. The number of ether oxygens (including phenoxy) is 1. The quantitative estimate of drug-likeness (QED) is 0.810. The molecule has 1 amide bonds. The lowest BCUT2D eigenvalue weighted by Crippen LogP contribution is -2.43. The Balaban J connectivity index is 0.00000156. The molecule has 2 unspecified atom stereocenters. The molecule has 5 nitrogen and oxygen atoms in total. The van der Waals surface area contributed by atoms with Crippen LogP contribution in [0.3, 0.4) is 0 Å². The van der Waals surface area contributed by atoms with Gasteiger partial charge in [-0.15, -0.1) is 24.8 Å². The van der Waals surface area contributed by atoms with E-state index in [9.17, 15) is 4.79 Å². The second-order valence-electron chi connectivity index (χ2n) is 6.64. The van der Waals surface area contributed by atoms with Crippen molar-refractivity contribution in [3.63, 3.8) is 0 Å². The number of rotatable bonds is 5. The van der Waals surface area contributed by atoms with Crippen molar-refractivity contribution in [1.29, 1.82) is 0 Å². The average molecular weight is 390 g/mol. The number of carbonyl (C=O) groups is 1. The van der Waals surface area contributed by atoms with Gasteiger partial charge in [-0.1, -0.05) is 30.3 Å². The predicted molar refractivity (Wildman–Crippen MR) is 104 cm³/mol. The van der Waals surface area contributed by atoms with Crippen LogP contribution in [0.15, 0.2) is 30.3 Å². The van der Waals surface area contributed by atoms with Crippen LogP contribution in [0.5, 0.6) is 0 Å². The molecular weight excluding hydrogens is 361 g/mol. The summed E-state index contributed by atoms with van der Waals surface area (Å²) in [5.74, 6) is 0.0279. The molecule has 0 saturated carbocycles. The fourth-order valence-electron chi connectivity index (χ4n) is 3.57. The Morgan fingerprint density at radius 1 is 1.28 bits per heavy atom. The van der Waals surface area contributed by atoms with Crippen molar-refractivity contribution in [2.75, 3.05) is 19.6 Å². The number of nitrogens with zero attached hydrogens (tertiary/aromatic N) is 1. The molecule has 2 saturated heterocycles. The van der Waals surface area contributed by atoms with E-state index in [4.69, 9.17) is 10.5 Å². The van der Waals surface area contributed by atoms with Gasteiger partial charge in [0.15, 0.2) is 0 Å². The molecule has 0 aromatic heterocycles. The van der Waals surface area contributed by atoms with Crippen LogP contribution in [0.1, 0.15) is 37.8 Å². The van der Waals surface area contributed by atoms with Crippen molar-refractivity contribution in [2.45, 2.75) is 50.5 Å². The highest BCUT2D eigenvalue weighted by Gasteiger charge is 2.33. The monoisotopic (exact) mass is 389 g/mol. The molecule has 142 valence electrons. The van der Waals surface area contributed by atoms with Crippen molar-refractivity contribution >= 4 is 30.7 Å². The van der Waals surface area contributed by atoms with Gasteiger partial charge in [0.1, 0.15) is 6.10 Å². The summed E-state index contributed by atoms with van der Waals surface area (Å²) in [5.41, 5.74) is 6.93. The molecule has 0 radical (unpaired) electrons. The van der Waals surface area contributed by atoms with Crippen molar-refractivity contribution < 1.29 is 9.53 Å². The molecule has 2 aliphatic rings. The Morgan fingerprint density at radius 2 is 2.00 bits per heavy atom. The molecule has 3 N–H and O–H groups in total.